The van der Waals surface area contributed by atoms with Gasteiger partial charge in [-0.05, 0) is 29.7 Å². The first-order valence-electron chi connectivity index (χ1n) is 6.36. The number of rotatable bonds is 5. The lowest BCUT2D eigenvalue weighted by Crippen LogP contribution is -2.13. The van der Waals surface area contributed by atoms with Crippen LogP contribution in [0, 0.1) is 11.3 Å². The van der Waals surface area contributed by atoms with E-state index in [0.717, 1.165) is 4.88 Å². The molecule has 0 aliphatic rings. The molecular weight excluding hydrogens is 300 g/mol. The van der Waals surface area contributed by atoms with Gasteiger partial charge in [-0.2, -0.15) is 5.26 Å². The number of benzene rings is 1. The number of thiophene rings is 1. The molecular formula is C16H14N2O3S. The molecule has 0 saturated carbocycles. The van der Waals surface area contributed by atoms with E-state index in [1.807, 2.05) is 23.6 Å². The second kappa shape index (κ2) is 7.29. The fourth-order valence-corrected chi connectivity index (χ4v) is 2.43. The van der Waals surface area contributed by atoms with Crippen LogP contribution in [0.1, 0.15) is 4.88 Å². The topological polar surface area (TPSA) is 71.3 Å². The van der Waals surface area contributed by atoms with Crippen molar-refractivity contribution in [1.82, 2.24) is 0 Å². The van der Waals surface area contributed by atoms with Crippen LogP contribution >= 0.6 is 11.3 Å². The predicted molar refractivity (Wildman–Crippen MR) is 86.1 cm³/mol. The van der Waals surface area contributed by atoms with E-state index in [4.69, 9.17) is 14.7 Å². The number of hydrogen-bond acceptors (Lipinski definition) is 5. The van der Waals surface area contributed by atoms with Crippen LogP contribution in [0.2, 0.25) is 0 Å². The normalized spacial score (nSPS) is 10.7. The fourth-order valence-electron chi connectivity index (χ4n) is 1.78. The Bertz CT molecular complexity index is 730. The molecule has 22 heavy (non-hydrogen) atoms. The highest BCUT2D eigenvalue weighted by Gasteiger charge is 2.11. The Labute approximate surface area is 132 Å². The lowest BCUT2D eigenvalue weighted by Gasteiger charge is -2.10. The summed E-state index contributed by atoms with van der Waals surface area (Å²) in [5.74, 6) is 0.597. The van der Waals surface area contributed by atoms with Gasteiger partial charge >= 0.3 is 0 Å². The molecule has 0 saturated heterocycles. The minimum absolute atomic E-state index is 0.0391. The molecule has 1 aromatic heterocycles. The number of anilines is 1. The van der Waals surface area contributed by atoms with Crippen LogP contribution in [0.3, 0.4) is 0 Å². The molecule has 0 unspecified atom stereocenters. The Balaban J connectivity index is 2.19. The summed E-state index contributed by atoms with van der Waals surface area (Å²) < 4.78 is 10.3. The summed E-state index contributed by atoms with van der Waals surface area (Å²) >= 11 is 1.46. The zero-order valence-electron chi connectivity index (χ0n) is 12.1. The number of nitriles is 1. The SMILES string of the molecule is COc1ccc(NC(=O)C(C#N)=Cc2cccs2)cc1OC. The molecule has 2 rings (SSSR count). The number of nitrogens with one attached hydrogen (secondary N) is 1. The number of amides is 1. The van der Waals surface area contributed by atoms with Crippen molar-refractivity contribution in [1.29, 1.82) is 5.26 Å². The van der Waals surface area contributed by atoms with Crippen molar-refractivity contribution in [2.75, 3.05) is 19.5 Å². The summed E-state index contributed by atoms with van der Waals surface area (Å²) in [6, 6.07) is 10.6. The predicted octanol–water partition coefficient (Wildman–Crippen LogP) is 3.31. The van der Waals surface area contributed by atoms with Gasteiger partial charge in [0.2, 0.25) is 0 Å². The van der Waals surface area contributed by atoms with Crippen LogP contribution < -0.4 is 14.8 Å². The molecule has 0 aliphatic carbocycles. The number of carbonyl (C=O) groups is 1. The van der Waals surface area contributed by atoms with Crippen molar-refractivity contribution < 1.29 is 14.3 Å². The summed E-state index contributed by atoms with van der Waals surface area (Å²) in [7, 11) is 3.05. The van der Waals surface area contributed by atoms with Crippen molar-refractivity contribution in [2.24, 2.45) is 0 Å². The molecule has 0 aliphatic heterocycles. The molecule has 1 heterocycles. The van der Waals surface area contributed by atoms with Crippen molar-refractivity contribution in [2.45, 2.75) is 0 Å². The Kier molecular flexibility index (Phi) is 5.17. The standard InChI is InChI=1S/C16H14N2O3S/c1-20-14-6-5-12(9-15(14)21-2)18-16(19)11(10-17)8-13-4-3-7-22-13/h3-9H,1-2H3,(H,18,19). The summed E-state index contributed by atoms with van der Waals surface area (Å²) in [6.45, 7) is 0. The maximum absolute atomic E-state index is 12.2. The van der Waals surface area contributed by atoms with Crippen LogP contribution in [0.15, 0.2) is 41.3 Å². The lowest BCUT2D eigenvalue weighted by molar-refractivity contribution is -0.112. The van der Waals surface area contributed by atoms with E-state index in [0.29, 0.717) is 17.2 Å². The third-order valence-corrected chi connectivity index (χ3v) is 3.66. The Morgan fingerprint density at radius 3 is 2.64 bits per heavy atom. The molecule has 1 aromatic carbocycles. The van der Waals surface area contributed by atoms with E-state index in [2.05, 4.69) is 5.32 Å². The molecule has 2 aromatic rings. The van der Waals surface area contributed by atoms with Gasteiger partial charge < -0.3 is 14.8 Å². The Morgan fingerprint density at radius 2 is 2.05 bits per heavy atom. The van der Waals surface area contributed by atoms with E-state index < -0.39 is 5.91 Å². The van der Waals surface area contributed by atoms with E-state index in [1.165, 1.54) is 25.6 Å². The number of carbonyl (C=O) groups excluding carboxylic acids is 1. The van der Waals surface area contributed by atoms with Gasteiger partial charge in [0.15, 0.2) is 11.5 Å². The Morgan fingerprint density at radius 1 is 1.27 bits per heavy atom. The fraction of sp³-hybridized carbons (Fsp3) is 0.125. The minimum Gasteiger partial charge on any atom is -0.493 e. The molecule has 112 valence electrons. The van der Waals surface area contributed by atoms with Crippen LogP contribution in [-0.2, 0) is 4.79 Å². The zero-order valence-corrected chi connectivity index (χ0v) is 12.9. The van der Waals surface area contributed by atoms with Crippen LogP contribution in [-0.4, -0.2) is 20.1 Å². The molecule has 0 spiro atoms. The van der Waals surface area contributed by atoms with Crippen molar-refractivity contribution >= 4 is 29.0 Å². The molecule has 1 amide bonds. The summed E-state index contributed by atoms with van der Waals surface area (Å²) in [6.07, 6.45) is 1.56. The first-order chi connectivity index (χ1) is 10.7. The van der Waals surface area contributed by atoms with Crippen molar-refractivity contribution in [3.8, 4) is 17.6 Å². The highest BCUT2D eigenvalue weighted by Crippen LogP contribution is 2.29. The monoisotopic (exact) mass is 314 g/mol. The van der Waals surface area contributed by atoms with Crippen LogP contribution in [0.5, 0.6) is 11.5 Å². The van der Waals surface area contributed by atoms with E-state index in [9.17, 15) is 4.79 Å². The van der Waals surface area contributed by atoms with Gasteiger partial charge in [0.05, 0.1) is 14.2 Å². The van der Waals surface area contributed by atoms with Crippen molar-refractivity contribution in [3.05, 3.63) is 46.2 Å². The number of ether oxygens (including phenoxy) is 2. The highest BCUT2D eigenvalue weighted by molar-refractivity contribution is 7.10. The van der Waals surface area contributed by atoms with Crippen molar-refractivity contribution in [3.63, 3.8) is 0 Å². The van der Waals surface area contributed by atoms with Gasteiger partial charge in [-0.25, -0.2) is 0 Å². The smallest absolute Gasteiger partial charge is 0.266 e. The van der Waals surface area contributed by atoms with Crippen LogP contribution in [0.4, 0.5) is 5.69 Å². The lowest BCUT2D eigenvalue weighted by atomic mass is 10.2. The van der Waals surface area contributed by atoms with Gasteiger partial charge in [0.25, 0.3) is 5.91 Å². The maximum Gasteiger partial charge on any atom is 0.266 e. The Hall–Kier alpha value is -2.78. The summed E-state index contributed by atoms with van der Waals surface area (Å²) in [4.78, 5) is 13.0. The maximum atomic E-state index is 12.2. The molecule has 0 bridgehead atoms. The van der Waals surface area contributed by atoms with E-state index in [-0.39, 0.29) is 5.57 Å². The first-order valence-corrected chi connectivity index (χ1v) is 7.24. The summed E-state index contributed by atoms with van der Waals surface area (Å²) in [5.41, 5.74) is 0.562. The molecule has 6 heteroatoms. The summed E-state index contributed by atoms with van der Waals surface area (Å²) in [5, 5.41) is 13.7. The van der Waals surface area contributed by atoms with Gasteiger partial charge in [0.1, 0.15) is 11.6 Å². The quantitative estimate of drug-likeness (QED) is 0.679. The molecule has 0 radical (unpaired) electrons. The molecule has 0 atom stereocenters. The third-order valence-electron chi connectivity index (χ3n) is 2.84. The van der Waals surface area contributed by atoms with Gasteiger partial charge in [0, 0.05) is 16.6 Å². The number of nitrogens with zero attached hydrogens (tertiary/aromatic N) is 1. The first kappa shape index (κ1) is 15.6. The van der Waals surface area contributed by atoms with Crippen LogP contribution in [0.25, 0.3) is 6.08 Å². The second-order valence-corrected chi connectivity index (χ2v) is 5.19. The molecule has 1 N–H and O–H groups in total. The number of hydrogen-bond donors (Lipinski definition) is 1. The van der Waals surface area contributed by atoms with Gasteiger partial charge in [-0.3, -0.25) is 4.79 Å². The minimum atomic E-state index is -0.469. The average molecular weight is 314 g/mol. The molecule has 5 nitrogen and oxygen atoms in total. The zero-order chi connectivity index (χ0) is 15.9. The second-order valence-electron chi connectivity index (χ2n) is 4.21. The third kappa shape index (κ3) is 3.65. The van der Waals surface area contributed by atoms with E-state index >= 15 is 0 Å². The average Bonchev–Trinajstić information content (AvgIpc) is 3.05. The van der Waals surface area contributed by atoms with Gasteiger partial charge in [-0.15, -0.1) is 11.3 Å². The highest BCUT2D eigenvalue weighted by atomic mass is 32.1. The molecule has 0 fully saturated rings. The largest absolute Gasteiger partial charge is 0.493 e. The van der Waals surface area contributed by atoms with Gasteiger partial charge in [-0.1, -0.05) is 6.07 Å². The number of methoxy groups -OCH3 is 2. The van der Waals surface area contributed by atoms with E-state index in [1.54, 1.807) is 24.3 Å².